The third-order valence-corrected chi connectivity index (χ3v) is 4.09. The molecule has 1 amide bonds. The van der Waals surface area contributed by atoms with Crippen molar-refractivity contribution in [2.24, 2.45) is 0 Å². The molecule has 0 aliphatic carbocycles. The van der Waals surface area contributed by atoms with Crippen molar-refractivity contribution in [3.63, 3.8) is 0 Å². The van der Waals surface area contributed by atoms with Crippen LogP contribution in [0.15, 0.2) is 66.7 Å². The minimum Gasteiger partial charge on any atom is -0.355 e. The molecular formula is C19H14ClN3O. The van der Waals surface area contributed by atoms with Gasteiger partial charge in [0.2, 0.25) is 0 Å². The van der Waals surface area contributed by atoms with Crippen LogP contribution in [0, 0.1) is 0 Å². The van der Waals surface area contributed by atoms with E-state index in [1.807, 2.05) is 66.7 Å². The second-order valence-corrected chi connectivity index (χ2v) is 5.95. The summed E-state index contributed by atoms with van der Waals surface area (Å²) in [6.45, 7) is 0. The van der Waals surface area contributed by atoms with Crippen LogP contribution in [0.5, 0.6) is 0 Å². The lowest BCUT2D eigenvalue weighted by molar-refractivity contribution is 0.102. The Morgan fingerprint density at radius 3 is 2.17 bits per heavy atom. The van der Waals surface area contributed by atoms with Crippen molar-refractivity contribution < 1.29 is 4.79 Å². The fourth-order valence-electron chi connectivity index (χ4n) is 2.66. The highest BCUT2D eigenvalue weighted by Gasteiger charge is 2.18. The molecular weight excluding hydrogens is 322 g/mol. The number of benzene rings is 3. The number of para-hydroxylation sites is 2. The Morgan fingerprint density at radius 1 is 0.750 bits per heavy atom. The molecule has 0 radical (unpaired) electrons. The molecule has 0 unspecified atom stereocenters. The van der Waals surface area contributed by atoms with Gasteiger partial charge in [0.1, 0.15) is 0 Å². The van der Waals surface area contributed by atoms with Gasteiger partial charge >= 0.3 is 0 Å². The zero-order chi connectivity index (χ0) is 16.5. The highest BCUT2D eigenvalue weighted by atomic mass is 35.5. The first-order valence-corrected chi connectivity index (χ1v) is 7.91. The minimum absolute atomic E-state index is 0.125. The van der Waals surface area contributed by atoms with Gasteiger partial charge < -0.3 is 16.0 Å². The van der Waals surface area contributed by atoms with Gasteiger partial charge in [0.15, 0.2) is 0 Å². The fourth-order valence-corrected chi connectivity index (χ4v) is 2.79. The zero-order valence-electron chi connectivity index (χ0n) is 12.6. The molecule has 0 fully saturated rings. The zero-order valence-corrected chi connectivity index (χ0v) is 13.4. The van der Waals surface area contributed by atoms with Crippen LogP contribution in [0.4, 0.5) is 28.4 Å². The van der Waals surface area contributed by atoms with Crippen LogP contribution in [0.2, 0.25) is 5.02 Å². The third-order valence-electron chi connectivity index (χ3n) is 3.84. The Bertz CT molecular complexity index is 922. The molecule has 3 N–H and O–H groups in total. The summed E-state index contributed by atoms with van der Waals surface area (Å²) in [5.74, 6) is -0.125. The Morgan fingerprint density at radius 2 is 1.42 bits per heavy atom. The van der Waals surface area contributed by atoms with E-state index >= 15 is 0 Å². The molecule has 1 aliphatic rings. The van der Waals surface area contributed by atoms with Crippen molar-refractivity contribution in [3.05, 3.63) is 77.3 Å². The molecule has 0 aromatic heterocycles. The largest absolute Gasteiger partial charge is 0.355 e. The standard InChI is InChI=1S/C19H14ClN3O/c20-12-5-7-13(8-6-12)21-14-9-10-15-18(11-14)22-16-3-1-2-4-17(16)23-19(15)24/h1-11,21-22H,(H,23,24). The van der Waals surface area contributed by atoms with Crippen LogP contribution in [-0.4, -0.2) is 5.91 Å². The molecule has 118 valence electrons. The van der Waals surface area contributed by atoms with E-state index in [1.165, 1.54) is 0 Å². The van der Waals surface area contributed by atoms with Gasteiger partial charge in [-0.25, -0.2) is 0 Å². The van der Waals surface area contributed by atoms with Gasteiger partial charge in [0, 0.05) is 16.4 Å². The molecule has 1 heterocycles. The van der Waals surface area contributed by atoms with Crippen molar-refractivity contribution in [1.29, 1.82) is 0 Å². The molecule has 5 heteroatoms. The van der Waals surface area contributed by atoms with Crippen molar-refractivity contribution in [3.8, 4) is 0 Å². The van der Waals surface area contributed by atoms with Gasteiger partial charge in [-0.15, -0.1) is 0 Å². The first-order chi connectivity index (χ1) is 11.7. The number of hydrogen-bond acceptors (Lipinski definition) is 3. The Hall–Kier alpha value is -2.98. The average molecular weight is 336 g/mol. The van der Waals surface area contributed by atoms with Gasteiger partial charge in [-0.2, -0.15) is 0 Å². The highest BCUT2D eigenvalue weighted by molar-refractivity contribution is 6.30. The second kappa shape index (κ2) is 5.91. The topological polar surface area (TPSA) is 53.2 Å². The van der Waals surface area contributed by atoms with Crippen LogP contribution >= 0.6 is 11.6 Å². The van der Waals surface area contributed by atoms with Crippen molar-refractivity contribution in [2.75, 3.05) is 16.0 Å². The van der Waals surface area contributed by atoms with Crippen LogP contribution < -0.4 is 16.0 Å². The average Bonchev–Trinajstić information content (AvgIpc) is 2.72. The smallest absolute Gasteiger partial charge is 0.257 e. The lowest BCUT2D eigenvalue weighted by Gasteiger charge is -2.12. The number of amides is 1. The number of carbonyl (C=O) groups excluding carboxylic acids is 1. The summed E-state index contributed by atoms with van der Waals surface area (Å²) >= 11 is 5.91. The van der Waals surface area contributed by atoms with Crippen molar-refractivity contribution in [1.82, 2.24) is 0 Å². The maximum Gasteiger partial charge on any atom is 0.257 e. The first kappa shape index (κ1) is 14.6. The van der Waals surface area contributed by atoms with Crippen molar-refractivity contribution >= 4 is 45.9 Å². The van der Waals surface area contributed by atoms with E-state index in [2.05, 4.69) is 16.0 Å². The number of hydrogen-bond donors (Lipinski definition) is 3. The Kier molecular flexibility index (Phi) is 3.59. The predicted octanol–water partition coefficient (Wildman–Crippen LogP) is 5.39. The normalized spacial score (nSPS) is 12.3. The number of halogens is 1. The van der Waals surface area contributed by atoms with E-state index in [1.54, 1.807) is 0 Å². The molecule has 0 atom stereocenters. The summed E-state index contributed by atoms with van der Waals surface area (Å²) in [6.07, 6.45) is 0. The maximum atomic E-state index is 12.4. The van der Waals surface area contributed by atoms with E-state index in [-0.39, 0.29) is 5.91 Å². The Labute approximate surface area is 144 Å². The van der Waals surface area contributed by atoms with Gasteiger partial charge in [0.05, 0.1) is 22.6 Å². The summed E-state index contributed by atoms with van der Waals surface area (Å²) in [5, 5.41) is 10.2. The van der Waals surface area contributed by atoms with Crippen LogP contribution in [0.25, 0.3) is 0 Å². The summed E-state index contributed by atoms with van der Waals surface area (Å²) in [5.41, 5.74) is 4.82. The van der Waals surface area contributed by atoms with E-state index in [0.717, 1.165) is 28.4 Å². The minimum atomic E-state index is -0.125. The second-order valence-electron chi connectivity index (χ2n) is 5.52. The fraction of sp³-hybridized carbons (Fsp3) is 0. The molecule has 4 nitrogen and oxygen atoms in total. The van der Waals surface area contributed by atoms with Gasteiger partial charge in [-0.1, -0.05) is 23.7 Å². The number of fused-ring (bicyclic) bond motifs is 2. The molecule has 1 aliphatic heterocycles. The van der Waals surface area contributed by atoms with Gasteiger partial charge in [-0.3, -0.25) is 4.79 Å². The molecule has 0 spiro atoms. The molecule has 0 bridgehead atoms. The lowest BCUT2D eigenvalue weighted by atomic mass is 10.1. The van der Waals surface area contributed by atoms with E-state index in [9.17, 15) is 4.79 Å². The molecule has 3 aromatic rings. The third kappa shape index (κ3) is 2.79. The van der Waals surface area contributed by atoms with Crippen LogP contribution in [0.3, 0.4) is 0 Å². The van der Waals surface area contributed by atoms with Gasteiger partial charge in [0.25, 0.3) is 5.91 Å². The molecule has 3 aromatic carbocycles. The van der Waals surface area contributed by atoms with Crippen molar-refractivity contribution in [2.45, 2.75) is 0 Å². The SMILES string of the molecule is O=C1Nc2ccccc2Nc2cc(Nc3ccc(Cl)cc3)ccc21. The number of carbonyl (C=O) groups is 1. The lowest BCUT2D eigenvalue weighted by Crippen LogP contribution is -2.10. The van der Waals surface area contributed by atoms with E-state index in [0.29, 0.717) is 10.6 Å². The Balaban J connectivity index is 1.69. The summed E-state index contributed by atoms with van der Waals surface area (Å²) in [4.78, 5) is 12.4. The quantitative estimate of drug-likeness (QED) is 0.588. The molecule has 4 rings (SSSR count). The van der Waals surface area contributed by atoms with E-state index < -0.39 is 0 Å². The predicted molar refractivity (Wildman–Crippen MR) is 98.9 cm³/mol. The molecule has 0 saturated carbocycles. The molecule has 24 heavy (non-hydrogen) atoms. The highest BCUT2D eigenvalue weighted by Crippen LogP contribution is 2.33. The molecule has 0 saturated heterocycles. The monoisotopic (exact) mass is 335 g/mol. The number of anilines is 5. The van der Waals surface area contributed by atoms with Gasteiger partial charge in [-0.05, 0) is 54.6 Å². The first-order valence-electron chi connectivity index (χ1n) is 7.53. The van der Waals surface area contributed by atoms with Crippen LogP contribution in [0.1, 0.15) is 10.4 Å². The maximum absolute atomic E-state index is 12.4. The summed E-state index contributed by atoms with van der Waals surface area (Å²) < 4.78 is 0. The van der Waals surface area contributed by atoms with Crippen LogP contribution in [-0.2, 0) is 0 Å². The number of rotatable bonds is 2. The number of nitrogens with one attached hydrogen (secondary N) is 3. The summed E-state index contributed by atoms with van der Waals surface area (Å²) in [6, 6.07) is 20.7. The van der Waals surface area contributed by atoms with E-state index in [4.69, 9.17) is 11.6 Å². The summed E-state index contributed by atoms with van der Waals surface area (Å²) in [7, 11) is 0.